The summed E-state index contributed by atoms with van der Waals surface area (Å²) in [6.07, 6.45) is 1.11. The molecule has 0 aliphatic carbocycles. The number of hydrogen-bond acceptors (Lipinski definition) is 2. The molecular weight excluding hydrogens is 238 g/mol. The van der Waals surface area contributed by atoms with Crippen molar-refractivity contribution in [3.05, 3.63) is 23.0 Å². The molecule has 17 heavy (non-hydrogen) atoms. The monoisotopic (exact) mass is 259 g/mol. The van der Waals surface area contributed by atoms with Crippen LogP contribution in [0.15, 0.2) is 6.07 Å². The molecule has 5 heteroatoms. The normalized spacial score (nSPS) is 9.82. The minimum absolute atomic E-state index is 0. The van der Waals surface area contributed by atoms with E-state index in [1.165, 1.54) is 0 Å². The molecule has 1 aromatic rings. The van der Waals surface area contributed by atoms with Crippen molar-refractivity contribution in [3.8, 4) is 0 Å². The van der Waals surface area contributed by atoms with Crippen molar-refractivity contribution in [1.82, 2.24) is 15.6 Å². The summed E-state index contributed by atoms with van der Waals surface area (Å²) in [5.41, 5.74) is 2.69. The molecule has 0 saturated carbocycles. The van der Waals surface area contributed by atoms with E-state index in [1.54, 1.807) is 0 Å². The molecule has 0 aliphatic rings. The number of H-pyrrole nitrogens is 1. The molecule has 0 bridgehead atoms. The number of aryl methyl sites for hydroxylation is 2. The van der Waals surface area contributed by atoms with Gasteiger partial charge in [-0.15, -0.1) is 12.4 Å². The largest absolute Gasteiger partial charge is 0.354 e. The highest BCUT2D eigenvalue weighted by Crippen LogP contribution is 2.08. The fraction of sp³-hybridized carbons (Fsp3) is 0.583. The lowest BCUT2D eigenvalue weighted by Crippen LogP contribution is -2.32. The number of rotatable bonds is 6. The molecule has 0 radical (unpaired) electrons. The van der Waals surface area contributed by atoms with Crippen molar-refractivity contribution < 1.29 is 4.79 Å². The Morgan fingerprint density at radius 3 is 2.53 bits per heavy atom. The number of aromatic nitrogens is 1. The molecule has 1 amide bonds. The van der Waals surface area contributed by atoms with Gasteiger partial charge in [-0.25, -0.2) is 0 Å². The van der Waals surface area contributed by atoms with Crippen molar-refractivity contribution in [1.29, 1.82) is 0 Å². The van der Waals surface area contributed by atoms with E-state index in [9.17, 15) is 4.79 Å². The Bertz CT molecular complexity index is 350. The lowest BCUT2D eigenvalue weighted by Gasteiger charge is -2.05. The molecule has 0 fully saturated rings. The van der Waals surface area contributed by atoms with E-state index in [-0.39, 0.29) is 18.3 Å². The first kappa shape index (κ1) is 16.0. The highest BCUT2D eigenvalue weighted by atomic mass is 35.5. The van der Waals surface area contributed by atoms with Crippen LogP contribution in [0.2, 0.25) is 0 Å². The maximum atomic E-state index is 11.7. The Labute approximate surface area is 109 Å². The van der Waals surface area contributed by atoms with Crippen molar-refractivity contribution >= 4 is 18.3 Å². The minimum Gasteiger partial charge on any atom is -0.354 e. The van der Waals surface area contributed by atoms with E-state index in [0.717, 1.165) is 30.8 Å². The van der Waals surface area contributed by atoms with Gasteiger partial charge in [-0.2, -0.15) is 0 Å². The van der Waals surface area contributed by atoms with Gasteiger partial charge < -0.3 is 15.6 Å². The second kappa shape index (κ2) is 8.14. The van der Waals surface area contributed by atoms with Crippen LogP contribution in [-0.4, -0.2) is 30.5 Å². The topological polar surface area (TPSA) is 56.9 Å². The third kappa shape index (κ3) is 5.24. The van der Waals surface area contributed by atoms with Gasteiger partial charge in [-0.05, 0) is 38.4 Å². The maximum Gasteiger partial charge on any atom is 0.268 e. The zero-order valence-corrected chi connectivity index (χ0v) is 11.5. The highest BCUT2D eigenvalue weighted by molar-refractivity contribution is 5.93. The SMILES string of the molecule is CCCNCCNC(=O)c1[nH]c(C)cc1C.Cl. The van der Waals surface area contributed by atoms with Crippen LogP contribution in [0.25, 0.3) is 0 Å². The molecule has 1 heterocycles. The zero-order valence-electron chi connectivity index (χ0n) is 10.7. The molecule has 0 aromatic carbocycles. The van der Waals surface area contributed by atoms with E-state index < -0.39 is 0 Å². The van der Waals surface area contributed by atoms with Crippen LogP contribution in [0.5, 0.6) is 0 Å². The maximum absolute atomic E-state index is 11.7. The third-order valence-electron chi connectivity index (χ3n) is 2.39. The van der Waals surface area contributed by atoms with E-state index in [1.807, 2.05) is 19.9 Å². The van der Waals surface area contributed by atoms with E-state index in [0.29, 0.717) is 12.2 Å². The van der Waals surface area contributed by atoms with Crippen molar-refractivity contribution in [2.45, 2.75) is 27.2 Å². The van der Waals surface area contributed by atoms with Gasteiger partial charge in [0.1, 0.15) is 5.69 Å². The molecule has 1 aromatic heterocycles. The predicted molar refractivity (Wildman–Crippen MR) is 73.0 cm³/mol. The van der Waals surface area contributed by atoms with E-state index in [2.05, 4.69) is 22.5 Å². The summed E-state index contributed by atoms with van der Waals surface area (Å²) in [6, 6.07) is 1.98. The fourth-order valence-corrected chi connectivity index (χ4v) is 1.62. The second-order valence-corrected chi connectivity index (χ2v) is 4.02. The zero-order chi connectivity index (χ0) is 12.0. The predicted octanol–water partition coefficient (Wildman–Crippen LogP) is 1.78. The van der Waals surface area contributed by atoms with Crippen LogP contribution >= 0.6 is 12.4 Å². The second-order valence-electron chi connectivity index (χ2n) is 4.02. The molecule has 0 unspecified atom stereocenters. The Morgan fingerprint density at radius 2 is 2.00 bits per heavy atom. The van der Waals surface area contributed by atoms with Gasteiger partial charge in [0.15, 0.2) is 0 Å². The fourth-order valence-electron chi connectivity index (χ4n) is 1.62. The lowest BCUT2D eigenvalue weighted by molar-refractivity contribution is 0.0949. The average molecular weight is 260 g/mol. The lowest BCUT2D eigenvalue weighted by atomic mass is 10.2. The van der Waals surface area contributed by atoms with Crippen molar-refractivity contribution in [2.24, 2.45) is 0 Å². The van der Waals surface area contributed by atoms with Crippen LogP contribution < -0.4 is 10.6 Å². The molecule has 98 valence electrons. The number of halogens is 1. The standard InChI is InChI=1S/C12H21N3O.ClH/c1-4-5-13-6-7-14-12(16)11-9(2)8-10(3)15-11;/h8,13,15H,4-7H2,1-3H3,(H,14,16);1H. The summed E-state index contributed by atoms with van der Waals surface area (Å²) in [6.45, 7) is 8.49. The van der Waals surface area contributed by atoms with Gasteiger partial charge >= 0.3 is 0 Å². The number of aromatic amines is 1. The Hall–Kier alpha value is -1.00. The average Bonchev–Trinajstić information content (AvgIpc) is 2.57. The number of amides is 1. The Balaban J connectivity index is 0.00000256. The van der Waals surface area contributed by atoms with Gasteiger partial charge in [-0.1, -0.05) is 6.92 Å². The van der Waals surface area contributed by atoms with Crippen LogP contribution in [-0.2, 0) is 0 Å². The summed E-state index contributed by atoms with van der Waals surface area (Å²) in [5, 5.41) is 6.12. The first-order valence-corrected chi connectivity index (χ1v) is 5.80. The smallest absolute Gasteiger partial charge is 0.268 e. The van der Waals surface area contributed by atoms with Crippen molar-refractivity contribution in [2.75, 3.05) is 19.6 Å². The molecule has 3 N–H and O–H groups in total. The summed E-state index contributed by atoms with van der Waals surface area (Å²) in [4.78, 5) is 14.8. The summed E-state index contributed by atoms with van der Waals surface area (Å²) in [7, 11) is 0. The van der Waals surface area contributed by atoms with Gasteiger partial charge in [-0.3, -0.25) is 4.79 Å². The Morgan fingerprint density at radius 1 is 1.29 bits per heavy atom. The number of carbonyl (C=O) groups excluding carboxylic acids is 1. The van der Waals surface area contributed by atoms with Gasteiger partial charge in [0, 0.05) is 18.8 Å². The summed E-state index contributed by atoms with van der Waals surface area (Å²) >= 11 is 0. The van der Waals surface area contributed by atoms with Gasteiger partial charge in [0.25, 0.3) is 5.91 Å². The summed E-state index contributed by atoms with van der Waals surface area (Å²) in [5.74, 6) is -0.0242. The van der Waals surface area contributed by atoms with Crippen LogP contribution in [0.4, 0.5) is 0 Å². The Kier molecular flexibility index (Phi) is 7.66. The molecule has 0 atom stereocenters. The first-order valence-electron chi connectivity index (χ1n) is 5.80. The number of hydrogen-bond donors (Lipinski definition) is 3. The van der Waals surface area contributed by atoms with Crippen LogP contribution in [0.3, 0.4) is 0 Å². The molecule has 0 aliphatic heterocycles. The molecule has 0 spiro atoms. The van der Waals surface area contributed by atoms with Crippen LogP contribution in [0.1, 0.15) is 35.1 Å². The van der Waals surface area contributed by atoms with Gasteiger partial charge in [0.2, 0.25) is 0 Å². The number of nitrogens with one attached hydrogen (secondary N) is 3. The van der Waals surface area contributed by atoms with Crippen LogP contribution in [0, 0.1) is 13.8 Å². The molecule has 0 saturated heterocycles. The first-order chi connectivity index (χ1) is 7.65. The van der Waals surface area contributed by atoms with E-state index >= 15 is 0 Å². The molecule has 4 nitrogen and oxygen atoms in total. The van der Waals surface area contributed by atoms with Crippen molar-refractivity contribution in [3.63, 3.8) is 0 Å². The van der Waals surface area contributed by atoms with E-state index in [4.69, 9.17) is 0 Å². The minimum atomic E-state index is -0.0242. The summed E-state index contributed by atoms with van der Waals surface area (Å²) < 4.78 is 0. The number of carbonyl (C=O) groups is 1. The molecular formula is C12H22ClN3O. The third-order valence-corrected chi connectivity index (χ3v) is 2.39. The quantitative estimate of drug-likeness (QED) is 0.682. The molecule has 1 rings (SSSR count). The van der Waals surface area contributed by atoms with Gasteiger partial charge in [0.05, 0.1) is 0 Å². The highest BCUT2D eigenvalue weighted by Gasteiger charge is 2.10.